The van der Waals surface area contributed by atoms with Gasteiger partial charge in [0.15, 0.2) is 0 Å². The summed E-state index contributed by atoms with van der Waals surface area (Å²) >= 11 is 1.48. The summed E-state index contributed by atoms with van der Waals surface area (Å²) in [6.45, 7) is 2.15. The largest absolute Gasteiger partial charge is 0.469 e. The van der Waals surface area contributed by atoms with Crippen LogP contribution in [0.4, 0.5) is 0 Å². The molecule has 0 saturated carbocycles. The molecular weight excluding hydrogens is 284 g/mol. The van der Waals surface area contributed by atoms with Crippen LogP contribution in [0.2, 0.25) is 0 Å². The topological polar surface area (TPSA) is 55.0 Å². The molecule has 0 aliphatic heterocycles. The predicted molar refractivity (Wildman–Crippen MR) is 84.5 cm³/mol. The third-order valence-corrected chi connectivity index (χ3v) is 4.38. The molecule has 0 unspecified atom stereocenters. The maximum absolute atomic E-state index is 11.3. The summed E-state index contributed by atoms with van der Waals surface area (Å²) < 4.78 is 4.68. The standard InChI is InChI=1S/C16H16N2O2S/c1-3-10-5-4-6-11-12(8-17-16(10)11)13-9-21-14(18-13)7-15(19)20-2/h4-6,8-9,17H,3,7H2,1-2H3. The van der Waals surface area contributed by atoms with Gasteiger partial charge in [-0.1, -0.05) is 25.1 Å². The fourth-order valence-corrected chi connectivity index (χ4v) is 3.21. The van der Waals surface area contributed by atoms with E-state index in [9.17, 15) is 4.79 Å². The van der Waals surface area contributed by atoms with Crippen LogP contribution in [-0.2, 0) is 22.4 Å². The van der Waals surface area contributed by atoms with Gasteiger partial charge in [0.1, 0.15) is 5.01 Å². The van der Waals surface area contributed by atoms with Gasteiger partial charge in [-0.25, -0.2) is 4.98 Å². The summed E-state index contributed by atoms with van der Waals surface area (Å²) in [7, 11) is 1.39. The molecular formula is C16H16N2O2S. The van der Waals surface area contributed by atoms with E-state index in [4.69, 9.17) is 0 Å². The molecule has 3 aromatic rings. The number of rotatable bonds is 4. The van der Waals surface area contributed by atoms with Crippen molar-refractivity contribution in [2.75, 3.05) is 7.11 Å². The molecule has 21 heavy (non-hydrogen) atoms. The molecule has 0 saturated heterocycles. The molecule has 1 N–H and O–H groups in total. The van der Waals surface area contributed by atoms with Crippen molar-refractivity contribution >= 4 is 28.2 Å². The van der Waals surface area contributed by atoms with Gasteiger partial charge in [-0.3, -0.25) is 4.79 Å². The minimum atomic E-state index is -0.261. The number of hydrogen-bond donors (Lipinski definition) is 1. The molecule has 0 fully saturated rings. The maximum Gasteiger partial charge on any atom is 0.312 e. The Morgan fingerprint density at radius 1 is 1.43 bits per heavy atom. The second-order valence-corrected chi connectivity index (χ2v) is 5.72. The number of hydrogen-bond acceptors (Lipinski definition) is 4. The third kappa shape index (κ3) is 2.56. The smallest absolute Gasteiger partial charge is 0.312 e. The number of aryl methyl sites for hydroxylation is 1. The fraction of sp³-hybridized carbons (Fsp3) is 0.250. The van der Waals surface area contributed by atoms with Gasteiger partial charge >= 0.3 is 5.97 Å². The lowest BCUT2D eigenvalue weighted by Crippen LogP contribution is -2.03. The average molecular weight is 300 g/mol. The Bertz CT molecular complexity index is 789. The normalized spacial score (nSPS) is 11.0. The summed E-state index contributed by atoms with van der Waals surface area (Å²) in [5.41, 5.74) is 4.44. The van der Waals surface area contributed by atoms with E-state index in [1.165, 1.54) is 29.4 Å². The van der Waals surface area contributed by atoms with Crippen molar-refractivity contribution in [2.24, 2.45) is 0 Å². The summed E-state index contributed by atoms with van der Waals surface area (Å²) in [6.07, 6.45) is 3.20. The van der Waals surface area contributed by atoms with Crippen molar-refractivity contribution in [3.05, 3.63) is 40.3 Å². The molecule has 0 radical (unpaired) electrons. The van der Waals surface area contributed by atoms with Crippen LogP contribution in [0.5, 0.6) is 0 Å². The molecule has 0 aliphatic carbocycles. The van der Waals surface area contributed by atoms with E-state index in [0.717, 1.165) is 28.2 Å². The molecule has 2 heterocycles. The van der Waals surface area contributed by atoms with Crippen LogP contribution in [0.1, 0.15) is 17.5 Å². The predicted octanol–water partition coefficient (Wildman–Crippen LogP) is 3.57. The zero-order valence-corrected chi connectivity index (χ0v) is 12.8. The number of nitrogens with zero attached hydrogens (tertiary/aromatic N) is 1. The van der Waals surface area contributed by atoms with Crippen LogP contribution in [0.15, 0.2) is 29.8 Å². The lowest BCUT2D eigenvalue weighted by atomic mass is 10.1. The highest BCUT2D eigenvalue weighted by Gasteiger charge is 2.13. The van der Waals surface area contributed by atoms with Crippen LogP contribution in [0.25, 0.3) is 22.2 Å². The number of aromatic nitrogens is 2. The van der Waals surface area contributed by atoms with E-state index in [2.05, 4.69) is 39.8 Å². The Kier molecular flexibility index (Phi) is 3.75. The monoisotopic (exact) mass is 300 g/mol. The van der Waals surface area contributed by atoms with Crippen molar-refractivity contribution in [3.63, 3.8) is 0 Å². The first-order valence-corrected chi connectivity index (χ1v) is 7.71. The molecule has 0 bridgehead atoms. The van der Waals surface area contributed by atoms with Gasteiger partial charge in [0.2, 0.25) is 0 Å². The number of nitrogens with one attached hydrogen (secondary N) is 1. The molecule has 0 spiro atoms. The first-order chi connectivity index (χ1) is 10.2. The van der Waals surface area contributed by atoms with Crippen molar-refractivity contribution in [2.45, 2.75) is 19.8 Å². The number of H-pyrrole nitrogens is 1. The van der Waals surface area contributed by atoms with Crippen molar-refractivity contribution in [1.29, 1.82) is 0 Å². The van der Waals surface area contributed by atoms with Crippen molar-refractivity contribution in [1.82, 2.24) is 9.97 Å². The van der Waals surface area contributed by atoms with Crippen LogP contribution >= 0.6 is 11.3 Å². The number of fused-ring (bicyclic) bond motifs is 1. The van der Waals surface area contributed by atoms with Crippen LogP contribution < -0.4 is 0 Å². The summed E-state index contributed by atoms with van der Waals surface area (Å²) in [5.74, 6) is -0.261. The van der Waals surface area contributed by atoms with Crippen LogP contribution in [-0.4, -0.2) is 23.0 Å². The number of benzene rings is 1. The number of methoxy groups -OCH3 is 1. The lowest BCUT2D eigenvalue weighted by molar-refractivity contribution is -0.139. The van der Waals surface area contributed by atoms with Gasteiger partial charge in [0.05, 0.1) is 19.2 Å². The Balaban J connectivity index is 1.99. The Labute approximate surface area is 126 Å². The van der Waals surface area contributed by atoms with E-state index in [-0.39, 0.29) is 12.4 Å². The average Bonchev–Trinajstić information content (AvgIpc) is 3.12. The number of carbonyl (C=O) groups excluding carboxylic acids is 1. The molecule has 2 aromatic heterocycles. The number of esters is 1. The molecule has 0 atom stereocenters. The highest BCUT2D eigenvalue weighted by Crippen LogP contribution is 2.31. The minimum Gasteiger partial charge on any atom is -0.469 e. The molecule has 1 aromatic carbocycles. The van der Waals surface area contributed by atoms with Gasteiger partial charge in [-0.15, -0.1) is 11.3 Å². The quantitative estimate of drug-likeness (QED) is 0.749. The van der Waals surface area contributed by atoms with E-state index in [1.807, 2.05) is 11.6 Å². The molecule has 0 aliphatic rings. The summed E-state index contributed by atoms with van der Waals surface area (Å²) in [5, 5.41) is 3.93. The number of aromatic amines is 1. The van der Waals surface area contributed by atoms with E-state index >= 15 is 0 Å². The second kappa shape index (κ2) is 5.69. The second-order valence-electron chi connectivity index (χ2n) is 4.77. The van der Waals surface area contributed by atoms with E-state index in [1.54, 1.807) is 0 Å². The first-order valence-electron chi connectivity index (χ1n) is 6.83. The number of carbonyl (C=O) groups is 1. The van der Waals surface area contributed by atoms with Gasteiger partial charge in [-0.2, -0.15) is 0 Å². The van der Waals surface area contributed by atoms with Crippen LogP contribution in [0.3, 0.4) is 0 Å². The molecule has 108 valence electrons. The minimum absolute atomic E-state index is 0.226. The summed E-state index contributed by atoms with van der Waals surface area (Å²) in [6, 6.07) is 6.30. The number of ether oxygens (including phenoxy) is 1. The molecule has 3 rings (SSSR count). The van der Waals surface area contributed by atoms with E-state index < -0.39 is 0 Å². The zero-order valence-electron chi connectivity index (χ0n) is 12.0. The van der Waals surface area contributed by atoms with Crippen molar-refractivity contribution in [3.8, 4) is 11.3 Å². The maximum atomic E-state index is 11.3. The number of thiazole rings is 1. The molecule has 0 amide bonds. The molecule has 5 heteroatoms. The summed E-state index contributed by atoms with van der Waals surface area (Å²) in [4.78, 5) is 19.2. The van der Waals surface area contributed by atoms with Crippen LogP contribution in [0, 0.1) is 0 Å². The lowest BCUT2D eigenvalue weighted by Gasteiger charge is -1.99. The fourth-order valence-electron chi connectivity index (χ4n) is 2.44. The Morgan fingerprint density at radius 3 is 3.05 bits per heavy atom. The van der Waals surface area contributed by atoms with Crippen molar-refractivity contribution < 1.29 is 9.53 Å². The van der Waals surface area contributed by atoms with E-state index in [0.29, 0.717) is 0 Å². The van der Waals surface area contributed by atoms with Gasteiger partial charge in [-0.05, 0) is 12.0 Å². The van der Waals surface area contributed by atoms with Gasteiger partial charge in [0, 0.05) is 28.0 Å². The highest BCUT2D eigenvalue weighted by atomic mass is 32.1. The number of para-hydroxylation sites is 1. The SMILES string of the molecule is CCc1cccc2c(-c3csc(CC(=O)OC)n3)c[nH]c12. The third-order valence-electron chi connectivity index (χ3n) is 3.53. The Hall–Kier alpha value is -2.14. The first kappa shape index (κ1) is 13.8. The highest BCUT2D eigenvalue weighted by molar-refractivity contribution is 7.10. The molecule has 4 nitrogen and oxygen atoms in total. The Morgan fingerprint density at radius 2 is 2.29 bits per heavy atom. The van der Waals surface area contributed by atoms with Gasteiger partial charge < -0.3 is 9.72 Å². The zero-order chi connectivity index (χ0) is 14.8. The van der Waals surface area contributed by atoms with Gasteiger partial charge in [0.25, 0.3) is 0 Å².